The van der Waals surface area contributed by atoms with Crippen LogP contribution in [0.4, 0.5) is 0 Å². The molecule has 1 heterocycles. The summed E-state index contributed by atoms with van der Waals surface area (Å²) in [4.78, 5) is 1.42. The summed E-state index contributed by atoms with van der Waals surface area (Å²) in [6.07, 6.45) is 3.69. The molecular weight excluding hydrogens is 166 g/mol. The maximum Gasteiger partial charge on any atom is 0.00448 e. The zero-order valence-electron chi connectivity index (χ0n) is 7.42. The first-order valence-electron chi connectivity index (χ1n) is 4.56. The Bertz CT molecular complexity index is 267. The minimum Gasteiger partial charge on any atom is -0.328 e. The van der Waals surface area contributed by atoms with E-state index in [9.17, 15) is 0 Å². The highest BCUT2D eigenvalue weighted by molar-refractivity contribution is 7.10. The summed E-state index contributed by atoms with van der Waals surface area (Å²) in [5, 5.41) is 2.29. The molecule has 0 saturated heterocycles. The molecule has 2 heteroatoms. The number of rotatable bonds is 1. The molecule has 2 unspecified atom stereocenters. The van der Waals surface area contributed by atoms with Gasteiger partial charge in [0.25, 0.3) is 0 Å². The van der Waals surface area contributed by atoms with Crippen LogP contribution in [0.2, 0.25) is 0 Å². The molecule has 2 atom stereocenters. The van der Waals surface area contributed by atoms with Crippen molar-refractivity contribution in [2.45, 2.75) is 38.1 Å². The van der Waals surface area contributed by atoms with Crippen LogP contribution in [-0.4, -0.2) is 6.04 Å². The molecule has 66 valence electrons. The predicted octanol–water partition coefficient (Wildman–Crippen LogP) is 2.65. The predicted molar refractivity (Wildman–Crippen MR) is 53.6 cm³/mol. The molecule has 1 aromatic heterocycles. The normalized spacial score (nSPS) is 29.5. The summed E-state index contributed by atoms with van der Waals surface area (Å²) in [5.41, 5.74) is 7.39. The standard InChI is InChI=1S/C10H15NS/c1-7-4-9(6-12-7)8-2-3-10(11)5-8/h4,6,8,10H,2-3,5,11H2,1H3. The fourth-order valence-electron chi connectivity index (χ4n) is 2.00. The number of aryl methyl sites for hydroxylation is 1. The Hall–Kier alpha value is -0.340. The van der Waals surface area contributed by atoms with Gasteiger partial charge in [-0.3, -0.25) is 0 Å². The van der Waals surface area contributed by atoms with Crippen LogP contribution in [0.5, 0.6) is 0 Å². The van der Waals surface area contributed by atoms with Crippen molar-refractivity contribution in [2.24, 2.45) is 5.73 Å². The molecule has 1 aliphatic rings. The third kappa shape index (κ3) is 1.54. The van der Waals surface area contributed by atoms with Gasteiger partial charge in [-0.2, -0.15) is 0 Å². The second kappa shape index (κ2) is 3.19. The fraction of sp³-hybridized carbons (Fsp3) is 0.600. The quantitative estimate of drug-likeness (QED) is 0.708. The zero-order valence-corrected chi connectivity index (χ0v) is 8.23. The van der Waals surface area contributed by atoms with Crippen LogP contribution < -0.4 is 5.73 Å². The molecule has 1 fully saturated rings. The van der Waals surface area contributed by atoms with Gasteiger partial charge in [0.1, 0.15) is 0 Å². The summed E-state index contributed by atoms with van der Waals surface area (Å²) in [7, 11) is 0. The van der Waals surface area contributed by atoms with E-state index in [2.05, 4.69) is 18.4 Å². The monoisotopic (exact) mass is 181 g/mol. The van der Waals surface area contributed by atoms with E-state index in [1.165, 1.54) is 29.7 Å². The Morgan fingerprint density at radius 1 is 1.50 bits per heavy atom. The van der Waals surface area contributed by atoms with Crippen LogP contribution in [0.1, 0.15) is 35.6 Å². The summed E-state index contributed by atoms with van der Waals surface area (Å²) < 4.78 is 0. The lowest BCUT2D eigenvalue weighted by Gasteiger charge is -2.05. The van der Waals surface area contributed by atoms with E-state index in [-0.39, 0.29) is 0 Å². The fourth-order valence-corrected chi connectivity index (χ4v) is 2.78. The van der Waals surface area contributed by atoms with Crippen molar-refractivity contribution in [3.63, 3.8) is 0 Å². The zero-order chi connectivity index (χ0) is 8.55. The van der Waals surface area contributed by atoms with E-state index in [4.69, 9.17) is 5.73 Å². The lowest BCUT2D eigenvalue weighted by Crippen LogP contribution is -2.14. The average Bonchev–Trinajstić information content (AvgIpc) is 2.58. The first-order chi connectivity index (χ1) is 5.75. The molecule has 0 spiro atoms. The molecule has 12 heavy (non-hydrogen) atoms. The number of thiophene rings is 1. The van der Waals surface area contributed by atoms with E-state index in [1.54, 1.807) is 0 Å². The SMILES string of the molecule is Cc1cc(C2CCC(N)C2)cs1. The number of hydrogen-bond acceptors (Lipinski definition) is 2. The van der Waals surface area contributed by atoms with Gasteiger partial charge in [0.2, 0.25) is 0 Å². The smallest absolute Gasteiger partial charge is 0.00448 e. The molecule has 2 rings (SSSR count). The molecule has 1 aromatic rings. The largest absolute Gasteiger partial charge is 0.328 e. The van der Waals surface area contributed by atoms with Gasteiger partial charge in [-0.1, -0.05) is 0 Å². The Morgan fingerprint density at radius 3 is 2.83 bits per heavy atom. The van der Waals surface area contributed by atoms with Crippen molar-refractivity contribution in [2.75, 3.05) is 0 Å². The lowest BCUT2D eigenvalue weighted by atomic mass is 10.0. The Morgan fingerprint density at radius 2 is 2.33 bits per heavy atom. The Labute approximate surface area is 77.6 Å². The van der Waals surface area contributed by atoms with E-state index in [1.807, 2.05) is 11.3 Å². The van der Waals surface area contributed by atoms with Crippen molar-refractivity contribution in [1.29, 1.82) is 0 Å². The van der Waals surface area contributed by atoms with Crippen LogP contribution in [-0.2, 0) is 0 Å². The second-order valence-corrected chi connectivity index (χ2v) is 4.88. The Balaban J connectivity index is 2.11. The molecule has 0 radical (unpaired) electrons. The highest BCUT2D eigenvalue weighted by atomic mass is 32.1. The first kappa shape index (κ1) is 8.27. The van der Waals surface area contributed by atoms with Crippen LogP contribution in [0.25, 0.3) is 0 Å². The van der Waals surface area contributed by atoms with Crippen molar-refractivity contribution in [3.05, 3.63) is 21.9 Å². The van der Waals surface area contributed by atoms with Gasteiger partial charge in [-0.15, -0.1) is 11.3 Å². The molecule has 1 saturated carbocycles. The van der Waals surface area contributed by atoms with Crippen LogP contribution in [0, 0.1) is 6.92 Å². The number of hydrogen-bond donors (Lipinski definition) is 1. The van der Waals surface area contributed by atoms with Gasteiger partial charge in [-0.05, 0) is 49.1 Å². The van der Waals surface area contributed by atoms with Crippen LogP contribution >= 0.6 is 11.3 Å². The highest BCUT2D eigenvalue weighted by Crippen LogP contribution is 2.35. The summed E-state index contributed by atoms with van der Waals surface area (Å²) in [6, 6.07) is 2.77. The van der Waals surface area contributed by atoms with E-state index in [0.717, 1.165) is 5.92 Å². The molecule has 1 aliphatic carbocycles. The second-order valence-electron chi connectivity index (χ2n) is 3.76. The molecule has 1 nitrogen and oxygen atoms in total. The third-order valence-corrected chi connectivity index (χ3v) is 3.58. The Kier molecular flexibility index (Phi) is 2.20. The van der Waals surface area contributed by atoms with Gasteiger partial charge >= 0.3 is 0 Å². The van der Waals surface area contributed by atoms with Gasteiger partial charge in [0.15, 0.2) is 0 Å². The topological polar surface area (TPSA) is 26.0 Å². The maximum absolute atomic E-state index is 5.87. The third-order valence-electron chi connectivity index (χ3n) is 2.70. The molecule has 2 N–H and O–H groups in total. The lowest BCUT2D eigenvalue weighted by molar-refractivity contribution is 0.676. The van der Waals surface area contributed by atoms with Crippen molar-refractivity contribution >= 4 is 11.3 Å². The van der Waals surface area contributed by atoms with E-state index >= 15 is 0 Å². The summed E-state index contributed by atoms with van der Waals surface area (Å²) >= 11 is 1.85. The van der Waals surface area contributed by atoms with Gasteiger partial charge in [0.05, 0.1) is 0 Å². The highest BCUT2D eigenvalue weighted by Gasteiger charge is 2.23. The van der Waals surface area contributed by atoms with Crippen molar-refractivity contribution in [1.82, 2.24) is 0 Å². The van der Waals surface area contributed by atoms with Gasteiger partial charge in [0, 0.05) is 10.9 Å². The molecule has 0 aliphatic heterocycles. The van der Waals surface area contributed by atoms with Crippen LogP contribution in [0.15, 0.2) is 11.4 Å². The summed E-state index contributed by atoms with van der Waals surface area (Å²) in [6.45, 7) is 2.17. The van der Waals surface area contributed by atoms with Crippen molar-refractivity contribution in [3.8, 4) is 0 Å². The molecule has 0 aromatic carbocycles. The van der Waals surface area contributed by atoms with E-state index < -0.39 is 0 Å². The molecule has 0 amide bonds. The van der Waals surface area contributed by atoms with Gasteiger partial charge in [-0.25, -0.2) is 0 Å². The molecular formula is C10H15NS. The van der Waals surface area contributed by atoms with Crippen molar-refractivity contribution < 1.29 is 0 Å². The van der Waals surface area contributed by atoms with Crippen LogP contribution in [0.3, 0.4) is 0 Å². The minimum absolute atomic E-state index is 0.454. The summed E-state index contributed by atoms with van der Waals surface area (Å²) in [5.74, 6) is 0.755. The molecule has 0 bridgehead atoms. The van der Waals surface area contributed by atoms with E-state index in [0.29, 0.717) is 6.04 Å². The number of nitrogens with two attached hydrogens (primary N) is 1. The minimum atomic E-state index is 0.454. The maximum atomic E-state index is 5.87. The average molecular weight is 181 g/mol. The first-order valence-corrected chi connectivity index (χ1v) is 5.44. The van der Waals surface area contributed by atoms with Gasteiger partial charge < -0.3 is 5.73 Å².